The highest BCUT2D eigenvalue weighted by Crippen LogP contribution is 2.27. The van der Waals surface area contributed by atoms with Crippen molar-refractivity contribution in [3.05, 3.63) is 121 Å². The fraction of sp³-hybridized carbons (Fsp3) is 0.0370. The highest BCUT2D eigenvalue weighted by atomic mass is 32.1. The molecule has 0 amide bonds. The first kappa shape index (κ1) is 19.2. The van der Waals surface area contributed by atoms with Gasteiger partial charge in [-0.2, -0.15) is 8.97 Å². The van der Waals surface area contributed by atoms with Crippen LogP contribution in [0, 0.1) is 6.92 Å². The average molecular weight is 420 g/mol. The zero-order valence-electron chi connectivity index (χ0n) is 17.1. The smallest absolute Gasteiger partial charge is 0.299 e. The molecule has 0 aliphatic rings. The Morgan fingerprint density at radius 1 is 0.774 bits per heavy atom. The van der Waals surface area contributed by atoms with Gasteiger partial charge in [0, 0.05) is 0 Å². The first-order valence-corrected chi connectivity index (χ1v) is 10.6. The van der Waals surface area contributed by atoms with E-state index in [0.717, 1.165) is 34.0 Å². The summed E-state index contributed by atoms with van der Waals surface area (Å²) in [5.74, 6) is 1.04. The molecule has 4 heteroatoms. The molecule has 0 saturated heterocycles. The molecule has 0 aliphatic carbocycles. The Kier molecular flexibility index (Phi) is 5.06. The quantitative estimate of drug-likeness (QED) is 0.156. The fourth-order valence-electron chi connectivity index (χ4n) is 3.83. The number of rotatable bonds is 4. The largest absolute Gasteiger partial charge is 0.756 e. The van der Waals surface area contributed by atoms with Crippen molar-refractivity contribution >= 4 is 28.9 Å². The number of aliphatic imine (C=N–C) groups is 1. The molecule has 3 nitrogen and oxygen atoms in total. The van der Waals surface area contributed by atoms with Crippen molar-refractivity contribution in [2.24, 2.45) is 4.99 Å². The molecule has 31 heavy (non-hydrogen) atoms. The molecule has 0 fully saturated rings. The first-order chi connectivity index (χ1) is 15.2. The van der Waals surface area contributed by atoms with Crippen LogP contribution in [0.1, 0.15) is 11.3 Å². The molecule has 5 rings (SSSR count). The Balaban J connectivity index is 1.87. The molecule has 150 valence electrons. The predicted molar refractivity (Wildman–Crippen MR) is 129 cm³/mol. The second-order valence-corrected chi connectivity index (χ2v) is 7.80. The van der Waals surface area contributed by atoms with Gasteiger partial charge in [0.1, 0.15) is 5.69 Å². The fourth-order valence-corrected chi connectivity index (χ4v) is 4.13. The van der Waals surface area contributed by atoms with Crippen LogP contribution in [0.15, 0.2) is 114 Å². The van der Waals surface area contributed by atoms with Crippen LogP contribution < -0.4 is 4.40 Å². The number of fused-ring (bicyclic) bond motifs is 1. The zero-order valence-corrected chi connectivity index (χ0v) is 18.0. The summed E-state index contributed by atoms with van der Waals surface area (Å²) in [6.45, 7) is 2.10. The van der Waals surface area contributed by atoms with Crippen LogP contribution in [-0.4, -0.2) is 9.61 Å². The summed E-state index contributed by atoms with van der Waals surface area (Å²) in [6, 6.07) is 35.0. The van der Waals surface area contributed by atoms with Gasteiger partial charge in [0.15, 0.2) is 11.2 Å². The molecule has 0 spiro atoms. The lowest BCUT2D eigenvalue weighted by atomic mass is 10.2. The Labute approximate surface area is 187 Å². The van der Waals surface area contributed by atoms with Crippen molar-refractivity contribution in [2.75, 3.05) is 0 Å². The average Bonchev–Trinajstić information content (AvgIpc) is 3.16. The summed E-state index contributed by atoms with van der Waals surface area (Å²) in [7, 11) is 0. The Hall–Kier alpha value is -3.76. The van der Waals surface area contributed by atoms with Crippen LogP contribution in [0.2, 0.25) is 0 Å². The molecule has 2 heterocycles. The van der Waals surface area contributed by atoms with Crippen LogP contribution in [0.4, 0.5) is 5.69 Å². The molecule has 0 atom stereocenters. The van der Waals surface area contributed by atoms with E-state index in [1.165, 1.54) is 5.56 Å². The molecule has 5 aromatic rings. The van der Waals surface area contributed by atoms with E-state index in [2.05, 4.69) is 76.7 Å². The van der Waals surface area contributed by atoms with E-state index in [9.17, 15) is 0 Å². The number of para-hydroxylation sites is 1. The van der Waals surface area contributed by atoms with Gasteiger partial charge in [-0.05, 0) is 60.5 Å². The van der Waals surface area contributed by atoms with E-state index in [1.807, 2.05) is 48.5 Å². The predicted octanol–water partition coefficient (Wildman–Crippen LogP) is 5.82. The van der Waals surface area contributed by atoms with E-state index in [-0.39, 0.29) is 0 Å². The molecule has 0 radical (unpaired) electrons. The number of imidazole rings is 1. The van der Waals surface area contributed by atoms with Crippen LogP contribution in [-0.2, 0) is 12.6 Å². The Morgan fingerprint density at radius 2 is 1.42 bits per heavy atom. The van der Waals surface area contributed by atoms with Crippen LogP contribution in [0.5, 0.6) is 0 Å². The molecule has 0 unspecified atom stereocenters. The third-order valence-corrected chi connectivity index (χ3v) is 5.56. The summed E-state index contributed by atoms with van der Waals surface area (Å²) < 4.78 is 4.41. The van der Waals surface area contributed by atoms with E-state index < -0.39 is 0 Å². The van der Waals surface area contributed by atoms with E-state index in [0.29, 0.717) is 5.04 Å². The molecule has 0 aliphatic heterocycles. The van der Waals surface area contributed by atoms with Crippen LogP contribution in [0.3, 0.4) is 0 Å². The van der Waals surface area contributed by atoms with Crippen LogP contribution >= 0.6 is 0 Å². The minimum Gasteiger partial charge on any atom is -0.756 e. The number of hydrogen-bond donors (Lipinski definition) is 0. The number of benzene rings is 3. The van der Waals surface area contributed by atoms with Crippen molar-refractivity contribution < 1.29 is 4.40 Å². The summed E-state index contributed by atoms with van der Waals surface area (Å²) in [5, 5.41) is 0.553. The maximum absolute atomic E-state index is 5.91. The van der Waals surface area contributed by atoms with E-state index >= 15 is 0 Å². The van der Waals surface area contributed by atoms with E-state index in [4.69, 9.17) is 17.6 Å². The second-order valence-electron chi connectivity index (χ2n) is 7.42. The van der Waals surface area contributed by atoms with Gasteiger partial charge in [0.25, 0.3) is 5.82 Å². The summed E-state index contributed by atoms with van der Waals surface area (Å²) in [4.78, 5) is 4.79. The van der Waals surface area contributed by atoms with Gasteiger partial charge < -0.3 is 12.6 Å². The summed E-state index contributed by atoms with van der Waals surface area (Å²) in [6.07, 6.45) is 2.08. The highest BCUT2D eigenvalue weighted by molar-refractivity contribution is 7.78. The number of aromatic nitrogens is 2. The van der Waals surface area contributed by atoms with Gasteiger partial charge in [-0.1, -0.05) is 60.2 Å². The molecule has 0 N–H and O–H groups in total. The number of nitrogens with zero attached hydrogens (tertiary/aromatic N) is 3. The van der Waals surface area contributed by atoms with Gasteiger partial charge in [-0.25, -0.2) is 0 Å². The topological polar surface area (TPSA) is 21.4 Å². The SMILES string of the molecule is Cc1ccc(-n2c(C([S-])=Nc3ccccc3)c3cccc[n+]3c2-c2ccccc2)cc1. The first-order valence-electron chi connectivity index (χ1n) is 10.2. The molecular weight excluding hydrogens is 398 g/mol. The van der Waals surface area contributed by atoms with Gasteiger partial charge in [0.05, 0.1) is 17.4 Å². The number of aryl methyl sites for hydroxylation is 1. The molecule has 3 aromatic carbocycles. The standard InChI is InChI=1S/C27H21N3S/c1-20-15-17-23(18-16-20)30-25(26(31)28-22-12-6-3-7-13-22)24-14-8-9-19-29(24)27(30)21-10-4-2-5-11-21/h2-19H,1H3. The Morgan fingerprint density at radius 3 is 2.13 bits per heavy atom. The van der Waals surface area contributed by atoms with Gasteiger partial charge in [-0.15, -0.1) is 0 Å². The van der Waals surface area contributed by atoms with E-state index in [1.54, 1.807) is 0 Å². The third kappa shape index (κ3) is 3.62. The van der Waals surface area contributed by atoms with Crippen molar-refractivity contribution in [1.29, 1.82) is 0 Å². The highest BCUT2D eigenvalue weighted by Gasteiger charge is 2.28. The second kappa shape index (κ2) is 8.17. The third-order valence-electron chi connectivity index (χ3n) is 5.28. The normalized spacial score (nSPS) is 11.7. The molecule has 0 bridgehead atoms. The van der Waals surface area contributed by atoms with Crippen molar-refractivity contribution in [2.45, 2.75) is 6.92 Å². The zero-order chi connectivity index (χ0) is 21.2. The lowest BCUT2D eigenvalue weighted by Gasteiger charge is -2.11. The Bertz CT molecular complexity index is 1370. The summed E-state index contributed by atoms with van der Waals surface area (Å²) >= 11 is 5.91. The lowest BCUT2D eigenvalue weighted by molar-refractivity contribution is -0.499. The molecule has 0 saturated carbocycles. The molecular formula is C27H21N3S. The number of pyridine rings is 1. The molecule has 2 aromatic heterocycles. The van der Waals surface area contributed by atoms with Gasteiger partial charge >= 0.3 is 0 Å². The minimum absolute atomic E-state index is 0.553. The van der Waals surface area contributed by atoms with Gasteiger partial charge in [0.2, 0.25) is 0 Å². The maximum Gasteiger partial charge on any atom is 0.299 e. The lowest BCUT2D eigenvalue weighted by Crippen LogP contribution is -2.22. The monoisotopic (exact) mass is 419 g/mol. The minimum atomic E-state index is 0.553. The van der Waals surface area contributed by atoms with Crippen molar-refractivity contribution in [3.8, 4) is 17.1 Å². The summed E-state index contributed by atoms with van der Waals surface area (Å²) in [5.41, 5.74) is 6.15. The number of hydrogen-bond acceptors (Lipinski definition) is 2. The van der Waals surface area contributed by atoms with Crippen molar-refractivity contribution in [1.82, 2.24) is 4.57 Å². The van der Waals surface area contributed by atoms with Crippen molar-refractivity contribution in [3.63, 3.8) is 0 Å². The van der Waals surface area contributed by atoms with Gasteiger partial charge in [-0.3, -0.25) is 4.99 Å². The maximum atomic E-state index is 5.91. The van der Waals surface area contributed by atoms with Crippen LogP contribution in [0.25, 0.3) is 22.6 Å².